The van der Waals surface area contributed by atoms with Crippen molar-refractivity contribution in [3.8, 4) is 5.75 Å². The van der Waals surface area contributed by atoms with Crippen LogP contribution in [-0.4, -0.2) is 33.6 Å². The summed E-state index contributed by atoms with van der Waals surface area (Å²) < 4.78 is 7.14. The number of hydrogen-bond acceptors (Lipinski definition) is 5. The fourth-order valence-electron chi connectivity index (χ4n) is 4.21. The van der Waals surface area contributed by atoms with E-state index in [0.29, 0.717) is 35.0 Å². The van der Waals surface area contributed by atoms with E-state index in [4.69, 9.17) is 20.4 Å². The summed E-state index contributed by atoms with van der Waals surface area (Å²) in [6.45, 7) is 6.93. The van der Waals surface area contributed by atoms with Gasteiger partial charge in [0.1, 0.15) is 22.6 Å². The molecule has 1 amide bonds. The first kappa shape index (κ1) is 23.5. The van der Waals surface area contributed by atoms with E-state index in [1.165, 1.54) is 0 Å². The molecule has 4 rings (SSSR count). The van der Waals surface area contributed by atoms with Crippen molar-refractivity contribution in [1.82, 2.24) is 19.9 Å². The van der Waals surface area contributed by atoms with E-state index >= 15 is 0 Å². The molecule has 2 heterocycles. The van der Waals surface area contributed by atoms with Crippen molar-refractivity contribution in [2.45, 2.75) is 52.6 Å². The Morgan fingerprint density at radius 1 is 1.03 bits per heavy atom. The summed E-state index contributed by atoms with van der Waals surface area (Å²) in [6.07, 6.45) is 3.13. The smallest absolute Gasteiger partial charge is 0.257 e. The van der Waals surface area contributed by atoms with Gasteiger partial charge in [-0.05, 0) is 49.1 Å². The van der Waals surface area contributed by atoms with Crippen molar-refractivity contribution in [3.05, 3.63) is 59.7 Å². The van der Waals surface area contributed by atoms with Crippen LogP contribution in [0.5, 0.6) is 5.75 Å². The molecule has 0 aliphatic rings. The fraction of sp³-hybridized carbons (Fsp3) is 0.370. The minimum absolute atomic E-state index is 0.0408. The number of aromatic nitrogens is 3. The molecule has 0 spiro atoms. The highest BCUT2D eigenvalue weighted by atomic mass is 16.5. The topological polar surface area (TPSA) is 95.1 Å². The van der Waals surface area contributed by atoms with Crippen LogP contribution in [0.2, 0.25) is 0 Å². The van der Waals surface area contributed by atoms with E-state index in [-0.39, 0.29) is 11.9 Å². The van der Waals surface area contributed by atoms with Crippen molar-refractivity contribution < 1.29 is 9.53 Å². The van der Waals surface area contributed by atoms with Gasteiger partial charge in [0, 0.05) is 6.04 Å². The van der Waals surface area contributed by atoms with Gasteiger partial charge in [-0.25, -0.2) is 9.97 Å². The average Bonchev–Trinajstić information content (AvgIpc) is 3.08. The van der Waals surface area contributed by atoms with E-state index in [2.05, 4.69) is 19.2 Å². The van der Waals surface area contributed by atoms with E-state index in [1.54, 1.807) is 7.11 Å². The Morgan fingerprint density at radius 3 is 2.35 bits per heavy atom. The number of amides is 1. The Labute approximate surface area is 200 Å². The molecule has 7 heteroatoms. The van der Waals surface area contributed by atoms with Gasteiger partial charge in [-0.3, -0.25) is 4.79 Å². The lowest BCUT2D eigenvalue weighted by molar-refractivity contribution is 0.0940. The van der Waals surface area contributed by atoms with Gasteiger partial charge in [-0.2, -0.15) is 0 Å². The van der Waals surface area contributed by atoms with Crippen molar-refractivity contribution in [1.29, 1.82) is 0 Å². The molecule has 7 nitrogen and oxygen atoms in total. The first-order chi connectivity index (χ1) is 16.4. The first-order valence-corrected chi connectivity index (χ1v) is 11.9. The highest BCUT2D eigenvalue weighted by Crippen LogP contribution is 2.29. The Morgan fingerprint density at radius 2 is 1.71 bits per heavy atom. The largest absolute Gasteiger partial charge is 0.497 e. The molecule has 0 unspecified atom stereocenters. The van der Waals surface area contributed by atoms with E-state index in [0.717, 1.165) is 41.6 Å². The van der Waals surface area contributed by atoms with Crippen molar-refractivity contribution in [3.63, 3.8) is 0 Å². The predicted molar refractivity (Wildman–Crippen MR) is 137 cm³/mol. The summed E-state index contributed by atoms with van der Waals surface area (Å²) in [5.41, 5.74) is 10.6. The third-order valence-electron chi connectivity index (χ3n) is 6.11. The number of nitrogens with zero attached hydrogens (tertiary/aromatic N) is 3. The van der Waals surface area contributed by atoms with Gasteiger partial charge in [0.15, 0.2) is 5.65 Å². The lowest BCUT2D eigenvalue weighted by Gasteiger charge is -2.14. The number of benzene rings is 2. The zero-order valence-corrected chi connectivity index (χ0v) is 20.3. The second-order valence-corrected chi connectivity index (χ2v) is 9.28. The van der Waals surface area contributed by atoms with Gasteiger partial charge < -0.3 is 20.4 Å². The monoisotopic (exact) mass is 459 g/mol. The van der Waals surface area contributed by atoms with Gasteiger partial charge in [0.2, 0.25) is 0 Å². The fourth-order valence-corrected chi connectivity index (χ4v) is 4.21. The van der Waals surface area contributed by atoms with Crippen molar-refractivity contribution in [2.24, 2.45) is 5.92 Å². The van der Waals surface area contributed by atoms with E-state index in [9.17, 15) is 4.79 Å². The van der Waals surface area contributed by atoms with E-state index < -0.39 is 0 Å². The molecular formula is C27H33N5O2. The van der Waals surface area contributed by atoms with Crippen LogP contribution in [0.3, 0.4) is 0 Å². The van der Waals surface area contributed by atoms with Crippen molar-refractivity contribution in [2.75, 3.05) is 12.8 Å². The molecule has 0 saturated carbocycles. The van der Waals surface area contributed by atoms with Crippen LogP contribution in [0.4, 0.5) is 5.82 Å². The SMILES string of the molecule is COc1ccc(Cn2c(N)c(C(=O)N[C@@H](C)CCCC(C)C)c3nc4ccccc4nc32)cc1. The Balaban J connectivity index is 1.72. The van der Waals surface area contributed by atoms with E-state index in [1.807, 2.05) is 60.0 Å². The molecule has 1 atom stereocenters. The summed E-state index contributed by atoms with van der Waals surface area (Å²) in [4.78, 5) is 23.0. The number of methoxy groups -OCH3 is 1. The second kappa shape index (κ2) is 10.1. The maximum atomic E-state index is 13.4. The quantitative estimate of drug-likeness (QED) is 0.360. The molecule has 0 bridgehead atoms. The Hall–Kier alpha value is -3.61. The zero-order valence-electron chi connectivity index (χ0n) is 20.3. The molecule has 0 radical (unpaired) electrons. The van der Waals surface area contributed by atoms with Crippen LogP contribution in [-0.2, 0) is 6.54 Å². The molecule has 2 aromatic carbocycles. The van der Waals surface area contributed by atoms with Gasteiger partial charge >= 0.3 is 0 Å². The molecule has 3 N–H and O–H groups in total. The van der Waals surface area contributed by atoms with Gasteiger partial charge in [-0.1, -0.05) is 51.0 Å². The summed E-state index contributed by atoms with van der Waals surface area (Å²) in [5, 5.41) is 3.13. The number of nitrogen functional groups attached to an aromatic ring is 1. The number of nitrogens with two attached hydrogens (primary N) is 1. The third-order valence-corrected chi connectivity index (χ3v) is 6.11. The molecular weight excluding hydrogens is 426 g/mol. The van der Waals surface area contributed by atoms with Crippen LogP contribution in [0, 0.1) is 5.92 Å². The second-order valence-electron chi connectivity index (χ2n) is 9.28. The minimum atomic E-state index is -0.211. The number of fused-ring (bicyclic) bond motifs is 2. The third kappa shape index (κ3) is 4.98. The maximum absolute atomic E-state index is 13.4. The Kier molecular flexibility index (Phi) is 7.01. The van der Waals surface area contributed by atoms with Crippen molar-refractivity contribution >= 4 is 33.9 Å². The van der Waals surface area contributed by atoms with Gasteiger partial charge in [0.25, 0.3) is 5.91 Å². The van der Waals surface area contributed by atoms with Crippen LogP contribution in [0.15, 0.2) is 48.5 Å². The number of carbonyl (C=O) groups is 1. The number of anilines is 1. The molecule has 178 valence electrons. The average molecular weight is 460 g/mol. The summed E-state index contributed by atoms with van der Waals surface area (Å²) in [5.74, 6) is 1.59. The van der Waals surface area contributed by atoms with Crippen LogP contribution < -0.4 is 15.8 Å². The number of nitrogens with one attached hydrogen (secondary N) is 1. The molecule has 0 aliphatic heterocycles. The van der Waals surface area contributed by atoms with Gasteiger partial charge in [-0.15, -0.1) is 0 Å². The van der Waals surface area contributed by atoms with Gasteiger partial charge in [0.05, 0.1) is 24.7 Å². The lowest BCUT2D eigenvalue weighted by Crippen LogP contribution is -2.33. The maximum Gasteiger partial charge on any atom is 0.257 e. The Bertz CT molecular complexity index is 1290. The molecule has 2 aromatic heterocycles. The standard InChI is InChI=1S/C27H33N5O2/c1-17(2)8-7-9-18(3)29-27(33)23-24-26(31-22-11-6-5-10-21(22)30-24)32(25(23)28)16-19-12-14-20(34-4)15-13-19/h5-6,10-15,17-18H,7-9,16,28H2,1-4H3,(H,29,33)/t18-/m0/s1. The molecule has 0 saturated heterocycles. The number of ether oxygens (including phenoxy) is 1. The van der Waals surface area contributed by atoms with Crippen LogP contribution >= 0.6 is 0 Å². The normalized spacial score (nSPS) is 12.4. The lowest BCUT2D eigenvalue weighted by atomic mass is 10.0. The molecule has 34 heavy (non-hydrogen) atoms. The molecule has 0 aliphatic carbocycles. The van der Waals surface area contributed by atoms with Crippen LogP contribution in [0.1, 0.15) is 56.0 Å². The number of carbonyl (C=O) groups excluding carboxylic acids is 1. The number of rotatable bonds is 9. The number of para-hydroxylation sites is 2. The summed E-state index contributed by atoms with van der Waals surface area (Å²) in [6, 6.07) is 15.5. The summed E-state index contributed by atoms with van der Waals surface area (Å²) >= 11 is 0. The predicted octanol–water partition coefficient (Wildman–Crippen LogP) is 5.17. The molecule has 4 aromatic rings. The van der Waals surface area contributed by atoms with Crippen LogP contribution in [0.25, 0.3) is 22.2 Å². The minimum Gasteiger partial charge on any atom is -0.497 e. The first-order valence-electron chi connectivity index (χ1n) is 11.9. The summed E-state index contributed by atoms with van der Waals surface area (Å²) in [7, 11) is 1.64. The zero-order chi connectivity index (χ0) is 24.2. The highest BCUT2D eigenvalue weighted by molar-refractivity contribution is 6.10. The number of hydrogen-bond donors (Lipinski definition) is 2. The highest BCUT2D eigenvalue weighted by Gasteiger charge is 2.25. The molecule has 0 fully saturated rings.